The monoisotopic (exact) mass is 686 g/mol. The lowest BCUT2D eigenvalue weighted by atomic mass is 9.83. The lowest BCUT2D eigenvalue weighted by Crippen LogP contribution is -2.48. The molecule has 0 radical (unpaired) electrons. The molecule has 6 nitrogen and oxygen atoms in total. The molecule has 2 aromatic carbocycles. The number of ether oxygens (including phenoxy) is 1. The second-order valence-corrected chi connectivity index (χ2v) is 15.0. The number of aliphatic hydroxyl groups is 1. The third-order valence-electron chi connectivity index (χ3n) is 12.2. The highest BCUT2D eigenvalue weighted by atomic mass is 19.4. The zero-order valence-electron chi connectivity index (χ0n) is 27.5. The van der Waals surface area contributed by atoms with E-state index in [0.717, 1.165) is 75.0 Å². The minimum atomic E-state index is -4.94. The summed E-state index contributed by atoms with van der Waals surface area (Å²) in [6.07, 6.45) is 6.67. The van der Waals surface area contributed by atoms with E-state index in [1.807, 2.05) is 0 Å². The first kappa shape index (κ1) is 34.0. The molecular formula is C38H43F5N2O4. The van der Waals surface area contributed by atoms with Crippen LogP contribution in [0.4, 0.5) is 27.6 Å². The Morgan fingerprint density at radius 2 is 1.63 bits per heavy atom. The van der Waals surface area contributed by atoms with Crippen molar-refractivity contribution in [3.8, 4) is 5.75 Å². The number of carbonyl (C=O) groups is 2. The molecule has 6 atom stereocenters. The summed E-state index contributed by atoms with van der Waals surface area (Å²) in [6.45, 7) is 0.178. The molecule has 5 aliphatic rings. The third kappa shape index (κ3) is 6.48. The van der Waals surface area contributed by atoms with Crippen LogP contribution >= 0.6 is 0 Å². The van der Waals surface area contributed by atoms with E-state index in [4.69, 9.17) is 4.74 Å². The molecule has 7 rings (SSSR count). The van der Waals surface area contributed by atoms with Crippen molar-refractivity contribution in [2.24, 2.45) is 41.4 Å². The van der Waals surface area contributed by atoms with Gasteiger partial charge in [-0.3, -0.25) is 9.59 Å². The minimum Gasteiger partial charge on any atom is -0.493 e. The van der Waals surface area contributed by atoms with Crippen LogP contribution in [0.15, 0.2) is 42.0 Å². The maximum Gasteiger partial charge on any atom is 0.419 e. The van der Waals surface area contributed by atoms with Gasteiger partial charge in [0.1, 0.15) is 5.82 Å². The number of anilines is 1. The SMILES string of the molecule is COc1c(F)cc(C2CC3CC(CO)CC3C2)cc1C(=O)N[C@H]1[C@@H](C(=O)Nc2ccc(F)c(C(F)(F)F)c2)[C@H]2CC[C@@H]1/C2=C\C1CCCC1. The van der Waals surface area contributed by atoms with E-state index in [9.17, 15) is 32.3 Å². The second-order valence-electron chi connectivity index (χ2n) is 15.0. The van der Waals surface area contributed by atoms with Crippen molar-refractivity contribution in [3.05, 3.63) is 70.3 Å². The first-order valence-corrected chi connectivity index (χ1v) is 17.6. The van der Waals surface area contributed by atoms with Crippen molar-refractivity contribution in [1.82, 2.24) is 5.32 Å². The fourth-order valence-corrected chi connectivity index (χ4v) is 10.1. The van der Waals surface area contributed by atoms with Crippen molar-refractivity contribution < 1.29 is 41.4 Å². The summed E-state index contributed by atoms with van der Waals surface area (Å²) < 4.78 is 75.3. The van der Waals surface area contributed by atoms with Crippen LogP contribution in [0.3, 0.4) is 0 Å². The number of alkyl halides is 3. The van der Waals surface area contributed by atoms with Gasteiger partial charge in [-0.05, 0) is 123 Å². The highest BCUT2D eigenvalue weighted by molar-refractivity contribution is 5.99. The molecule has 5 aliphatic carbocycles. The van der Waals surface area contributed by atoms with E-state index < -0.39 is 47.1 Å². The number of methoxy groups -OCH3 is 1. The lowest BCUT2D eigenvalue weighted by Gasteiger charge is -2.30. The molecule has 0 saturated heterocycles. The molecular weight excluding hydrogens is 643 g/mol. The fraction of sp³-hybridized carbons (Fsp3) is 0.579. The molecule has 49 heavy (non-hydrogen) atoms. The summed E-state index contributed by atoms with van der Waals surface area (Å²) >= 11 is 0. The van der Waals surface area contributed by atoms with Crippen LogP contribution in [0, 0.1) is 53.1 Å². The summed E-state index contributed by atoms with van der Waals surface area (Å²) in [7, 11) is 1.30. The number of benzene rings is 2. The molecule has 0 spiro atoms. The van der Waals surface area contributed by atoms with Crippen molar-refractivity contribution in [3.63, 3.8) is 0 Å². The number of aliphatic hydroxyl groups excluding tert-OH is 1. The lowest BCUT2D eigenvalue weighted by molar-refractivity contribution is -0.140. The van der Waals surface area contributed by atoms with Gasteiger partial charge >= 0.3 is 6.18 Å². The van der Waals surface area contributed by atoms with E-state index in [2.05, 4.69) is 16.7 Å². The van der Waals surface area contributed by atoms with E-state index in [1.54, 1.807) is 6.07 Å². The maximum atomic E-state index is 15.6. The normalized spacial score (nSPS) is 31.8. The molecule has 2 unspecified atom stereocenters. The Hall–Kier alpha value is -3.47. The number of hydrogen-bond donors (Lipinski definition) is 3. The smallest absolute Gasteiger partial charge is 0.419 e. The van der Waals surface area contributed by atoms with Crippen molar-refractivity contribution >= 4 is 17.5 Å². The van der Waals surface area contributed by atoms with Gasteiger partial charge in [-0.25, -0.2) is 8.78 Å². The summed E-state index contributed by atoms with van der Waals surface area (Å²) in [5.74, 6) is -2.90. The molecule has 264 valence electrons. The topological polar surface area (TPSA) is 87.7 Å². The number of halogens is 5. The van der Waals surface area contributed by atoms with Gasteiger partial charge in [-0.2, -0.15) is 13.2 Å². The molecule has 5 saturated carbocycles. The van der Waals surface area contributed by atoms with Crippen LogP contribution in [0.5, 0.6) is 5.75 Å². The first-order chi connectivity index (χ1) is 23.4. The van der Waals surface area contributed by atoms with Crippen molar-refractivity contribution in [1.29, 1.82) is 0 Å². The quantitative estimate of drug-likeness (QED) is 0.194. The number of carbonyl (C=O) groups excluding carboxylic acids is 2. The molecule has 2 amide bonds. The number of rotatable bonds is 8. The van der Waals surface area contributed by atoms with Gasteiger partial charge in [0.25, 0.3) is 5.91 Å². The van der Waals surface area contributed by atoms with E-state index in [-0.39, 0.29) is 41.4 Å². The van der Waals surface area contributed by atoms with Gasteiger partial charge in [0.15, 0.2) is 11.6 Å². The Morgan fingerprint density at radius 3 is 2.29 bits per heavy atom. The zero-order valence-corrected chi connectivity index (χ0v) is 27.5. The Kier molecular flexibility index (Phi) is 9.26. The maximum absolute atomic E-state index is 15.6. The number of hydrogen-bond acceptors (Lipinski definition) is 4. The van der Waals surface area contributed by atoms with Gasteiger partial charge in [0.2, 0.25) is 5.91 Å². The van der Waals surface area contributed by atoms with Gasteiger partial charge in [0.05, 0.1) is 24.2 Å². The molecule has 2 bridgehead atoms. The van der Waals surface area contributed by atoms with Crippen LogP contribution in [0.2, 0.25) is 0 Å². The molecule has 0 heterocycles. The number of amides is 2. The Balaban J connectivity index is 1.17. The third-order valence-corrected chi connectivity index (χ3v) is 12.2. The van der Waals surface area contributed by atoms with Crippen LogP contribution in [-0.4, -0.2) is 36.7 Å². The predicted molar refractivity (Wildman–Crippen MR) is 173 cm³/mol. The molecule has 0 aromatic heterocycles. The van der Waals surface area contributed by atoms with Crippen molar-refractivity contribution in [2.45, 2.75) is 82.3 Å². The summed E-state index contributed by atoms with van der Waals surface area (Å²) in [5, 5.41) is 15.3. The Bertz CT molecular complexity index is 1620. The Morgan fingerprint density at radius 1 is 0.939 bits per heavy atom. The number of fused-ring (bicyclic) bond motifs is 3. The van der Waals surface area contributed by atoms with Gasteiger partial charge in [0, 0.05) is 24.3 Å². The van der Waals surface area contributed by atoms with Crippen LogP contribution < -0.4 is 15.4 Å². The summed E-state index contributed by atoms with van der Waals surface area (Å²) in [4.78, 5) is 28.1. The van der Waals surface area contributed by atoms with Gasteiger partial charge in [-0.1, -0.05) is 24.5 Å². The average molecular weight is 687 g/mol. The molecule has 2 aromatic rings. The van der Waals surface area contributed by atoms with Crippen LogP contribution in [0.25, 0.3) is 0 Å². The van der Waals surface area contributed by atoms with E-state index >= 15 is 4.39 Å². The van der Waals surface area contributed by atoms with E-state index in [0.29, 0.717) is 42.2 Å². The van der Waals surface area contributed by atoms with Crippen LogP contribution in [0.1, 0.15) is 91.6 Å². The molecule has 11 heteroatoms. The largest absolute Gasteiger partial charge is 0.493 e. The van der Waals surface area contributed by atoms with Gasteiger partial charge in [-0.15, -0.1) is 0 Å². The number of allylic oxidation sites excluding steroid dienone is 1. The molecule has 0 aliphatic heterocycles. The second kappa shape index (κ2) is 13.3. The highest BCUT2D eigenvalue weighted by Crippen LogP contribution is 2.55. The van der Waals surface area contributed by atoms with Crippen LogP contribution in [-0.2, 0) is 11.0 Å². The predicted octanol–water partition coefficient (Wildman–Crippen LogP) is 8.01. The van der Waals surface area contributed by atoms with Gasteiger partial charge < -0.3 is 20.5 Å². The Labute approximate surface area is 282 Å². The van der Waals surface area contributed by atoms with E-state index in [1.165, 1.54) is 13.2 Å². The molecule has 3 N–H and O–H groups in total. The first-order valence-electron chi connectivity index (χ1n) is 17.6. The summed E-state index contributed by atoms with van der Waals surface area (Å²) in [6, 6.07) is 4.82. The standard InChI is InChI=1S/C38H43F5N2O4/c1-49-35-29(15-24(16-32(35)40)23-13-21-10-20(18-46)11-22(21)14-23)36(47)45-34-27-8-7-26(28(27)12-19-4-2-3-5-19)33(34)37(48)44-25-6-9-31(39)30(17-25)38(41,42)43/h6,9,12,15-17,19-23,26-27,33-34,46H,2-5,7-8,10-11,13-14,18H2,1H3,(H,44,48)(H,45,47)/b28-12-/t20?,21?,22?,23?,26-,27+,33-,34+/m0/s1. The zero-order chi connectivity index (χ0) is 34.6. The van der Waals surface area contributed by atoms with Crippen molar-refractivity contribution in [2.75, 3.05) is 19.0 Å². The molecule has 5 fully saturated rings. The minimum absolute atomic E-state index is 0.0411. The fourth-order valence-electron chi connectivity index (χ4n) is 10.1. The highest BCUT2D eigenvalue weighted by Gasteiger charge is 2.55. The average Bonchev–Trinajstić information content (AvgIpc) is 3.89. The number of nitrogens with one attached hydrogen (secondary N) is 2. The summed E-state index contributed by atoms with van der Waals surface area (Å²) in [5.41, 5.74) is 0.200.